The topological polar surface area (TPSA) is 184 Å². The van der Waals surface area contributed by atoms with Gasteiger partial charge < -0.3 is 46.3 Å². The van der Waals surface area contributed by atoms with Gasteiger partial charge in [0, 0.05) is 11.9 Å². The summed E-state index contributed by atoms with van der Waals surface area (Å²) in [4.78, 5) is 24.4. The van der Waals surface area contributed by atoms with Crippen LogP contribution in [0.1, 0.15) is 15.2 Å². The fourth-order valence-corrected chi connectivity index (χ4v) is 4.32. The van der Waals surface area contributed by atoms with Crippen LogP contribution in [0.25, 0.3) is 10.4 Å². The van der Waals surface area contributed by atoms with Gasteiger partial charge in [-0.2, -0.15) is 0 Å². The Balaban J connectivity index is 1.85. The number of carbonyl (C=O) groups is 2. The normalized spacial score (nSPS) is 25.2. The molecule has 0 bridgehead atoms. The maximum absolute atomic E-state index is 12.1. The number of nitrogens with two attached hydrogens (primary N) is 1. The number of rotatable bonds is 6. The molecule has 0 aliphatic carbocycles. The van der Waals surface area contributed by atoms with Gasteiger partial charge in [-0.25, -0.2) is 4.79 Å². The van der Waals surface area contributed by atoms with Crippen LogP contribution >= 0.6 is 11.3 Å². The standard InChI is InChI=1S/C20H25N3O8S/c1-8-5-9(13-6-10(23-20(21)29)17(32-13)18(28)22-2)3-4-11(8)30-19-16(27)15(26)14(25)12(7-24)31-19/h3-6,12,14-16,19,24-27H,7H2,1-2H3,(H,22,28)(H3,21,23,29)/t12-,14-,15+,16+,19+/m1/s1. The first-order chi connectivity index (χ1) is 15.2. The van der Waals surface area contributed by atoms with Crippen LogP contribution in [-0.2, 0) is 4.74 Å². The Morgan fingerprint density at radius 1 is 1.19 bits per heavy atom. The van der Waals surface area contributed by atoms with Crippen molar-refractivity contribution in [1.29, 1.82) is 0 Å². The summed E-state index contributed by atoms with van der Waals surface area (Å²) in [5, 5.41) is 44.2. The highest BCUT2D eigenvalue weighted by atomic mass is 32.1. The molecule has 1 aromatic carbocycles. The lowest BCUT2D eigenvalue weighted by atomic mass is 9.99. The van der Waals surface area contributed by atoms with Crippen LogP contribution in [0.5, 0.6) is 5.75 Å². The summed E-state index contributed by atoms with van der Waals surface area (Å²) in [5.74, 6) is -0.0269. The molecule has 1 fully saturated rings. The Kier molecular flexibility index (Phi) is 7.33. The summed E-state index contributed by atoms with van der Waals surface area (Å²) in [5.41, 5.74) is 6.86. The lowest BCUT2D eigenvalue weighted by Gasteiger charge is -2.39. The summed E-state index contributed by atoms with van der Waals surface area (Å²) < 4.78 is 11.1. The van der Waals surface area contributed by atoms with Gasteiger partial charge in [0.1, 0.15) is 35.0 Å². The minimum absolute atomic E-state index is 0.288. The maximum Gasteiger partial charge on any atom is 0.316 e. The first-order valence-electron chi connectivity index (χ1n) is 9.66. The van der Waals surface area contributed by atoms with Crippen LogP contribution in [0, 0.1) is 6.92 Å². The van der Waals surface area contributed by atoms with Crippen molar-refractivity contribution in [1.82, 2.24) is 5.32 Å². The van der Waals surface area contributed by atoms with Gasteiger partial charge >= 0.3 is 6.03 Å². The van der Waals surface area contributed by atoms with Crippen molar-refractivity contribution in [3.05, 3.63) is 34.7 Å². The SMILES string of the molecule is CNC(=O)c1sc(-c2ccc(O[C@H]3O[C@H](CO)[C@@H](O)[C@H](O)[C@@H]3O)c(C)c2)cc1NC(N)=O. The molecule has 1 saturated heterocycles. The molecule has 0 radical (unpaired) electrons. The van der Waals surface area contributed by atoms with E-state index < -0.39 is 43.3 Å². The molecule has 11 nitrogen and oxygen atoms in total. The monoisotopic (exact) mass is 467 g/mol. The fraction of sp³-hybridized carbons (Fsp3) is 0.400. The van der Waals surface area contributed by atoms with E-state index in [1.54, 1.807) is 31.2 Å². The first-order valence-corrected chi connectivity index (χ1v) is 10.5. The van der Waals surface area contributed by atoms with E-state index in [2.05, 4.69) is 10.6 Å². The molecule has 3 rings (SSSR count). The molecule has 2 aromatic rings. The second-order valence-electron chi connectivity index (χ2n) is 7.22. The zero-order valence-electron chi connectivity index (χ0n) is 17.3. The van der Waals surface area contributed by atoms with Gasteiger partial charge in [0.25, 0.3) is 5.91 Å². The number of ether oxygens (including phenoxy) is 2. The van der Waals surface area contributed by atoms with Gasteiger partial charge in [-0.1, -0.05) is 0 Å². The van der Waals surface area contributed by atoms with Crippen LogP contribution < -0.4 is 21.1 Å². The second kappa shape index (κ2) is 9.81. The van der Waals surface area contributed by atoms with E-state index in [-0.39, 0.29) is 11.6 Å². The smallest absolute Gasteiger partial charge is 0.316 e. The third-order valence-electron chi connectivity index (χ3n) is 4.97. The molecule has 8 N–H and O–H groups in total. The van der Waals surface area contributed by atoms with Gasteiger partial charge in [-0.05, 0) is 42.3 Å². The van der Waals surface area contributed by atoms with E-state index in [1.807, 2.05) is 0 Å². The average molecular weight is 468 g/mol. The summed E-state index contributed by atoms with van der Waals surface area (Å²) in [6.07, 6.45) is -6.93. The van der Waals surface area contributed by atoms with E-state index >= 15 is 0 Å². The van der Waals surface area contributed by atoms with Gasteiger partial charge in [-0.15, -0.1) is 11.3 Å². The number of thiophene rings is 1. The van der Waals surface area contributed by atoms with Gasteiger partial charge in [0.15, 0.2) is 0 Å². The fourth-order valence-electron chi connectivity index (χ4n) is 3.27. The van der Waals surface area contributed by atoms with Crippen molar-refractivity contribution in [3.8, 4) is 16.2 Å². The Hall–Kier alpha value is -2.74. The summed E-state index contributed by atoms with van der Waals surface area (Å²) in [6.45, 7) is 1.19. The van der Waals surface area contributed by atoms with Gasteiger partial charge in [-0.3, -0.25) is 4.79 Å². The molecule has 1 aliphatic heterocycles. The number of hydrogen-bond donors (Lipinski definition) is 7. The van der Waals surface area contributed by atoms with Crippen LogP contribution in [0.15, 0.2) is 24.3 Å². The largest absolute Gasteiger partial charge is 0.462 e. The summed E-state index contributed by atoms with van der Waals surface area (Å²) >= 11 is 1.17. The molecule has 0 spiro atoms. The Morgan fingerprint density at radius 2 is 1.91 bits per heavy atom. The number of nitrogens with one attached hydrogen (secondary N) is 2. The van der Waals surface area contributed by atoms with E-state index in [1.165, 1.54) is 18.4 Å². The number of aliphatic hydroxyl groups is 4. The van der Waals surface area contributed by atoms with Gasteiger partial charge in [0.05, 0.1) is 12.3 Å². The summed E-state index contributed by atoms with van der Waals surface area (Å²) in [7, 11) is 1.48. The number of urea groups is 1. The number of aryl methyl sites for hydroxylation is 1. The number of primary amides is 1. The molecule has 2 heterocycles. The van der Waals surface area contributed by atoms with Crippen molar-refractivity contribution in [3.63, 3.8) is 0 Å². The third kappa shape index (κ3) is 4.85. The molecule has 32 heavy (non-hydrogen) atoms. The first kappa shape index (κ1) is 23.9. The lowest BCUT2D eigenvalue weighted by Crippen LogP contribution is -2.60. The quantitative estimate of drug-likeness (QED) is 0.303. The number of hydrogen-bond acceptors (Lipinski definition) is 9. The number of anilines is 1. The van der Waals surface area contributed by atoms with Gasteiger partial charge in [0.2, 0.25) is 6.29 Å². The van der Waals surface area contributed by atoms with Crippen LogP contribution in [-0.4, -0.2) is 76.7 Å². The van der Waals surface area contributed by atoms with Crippen molar-refractivity contribution in [2.45, 2.75) is 37.6 Å². The zero-order chi connectivity index (χ0) is 23.6. The maximum atomic E-state index is 12.1. The minimum atomic E-state index is -1.55. The number of amides is 3. The number of aliphatic hydroxyl groups excluding tert-OH is 4. The third-order valence-corrected chi connectivity index (χ3v) is 6.16. The van der Waals surface area contributed by atoms with Crippen molar-refractivity contribution in [2.75, 3.05) is 19.0 Å². The minimum Gasteiger partial charge on any atom is -0.462 e. The predicted molar refractivity (Wildman–Crippen MR) is 115 cm³/mol. The van der Waals surface area contributed by atoms with Crippen LogP contribution in [0.2, 0.25) is 0 Å². The highest BCUT2D eigenvalue weighted by Gasteiger charge is 2.44. The number of benzene rings is 1. The molecule has 1 aromatic heterocycles. The predicted octanol–water partition coefficient (Wildman–Crippen LogP) is -0.248. The molecule has 12 heteroatoms. The molecular weight excluding hydrogens is 442 g/mol. The van der Waals surface area contributed by atoms with E-state index in [9.17, 15) is 30.0 Å². The number of carbonyl (C=O) groups excluding carboxylic acids is 2. The van der Waals surface area contributed by atoms with E-state index in [4.69, 9.17) is 15.2 Å². The average Bonchev–Trinajstić information content (AvgIpc) is 3.17. The Morgan fingerprint density at radius 3 is 2.50 bits per heavy atom. The second-order valence-corrected chi connectivity index (χ2v) is 8.27. The molecule has 0 saturated carbocycles. The lowest BCUT2D eigenvalue weighted by molar-refractivity contribution is -0.277. The van der Waals surface area contributed by atoms with Crippen LogP contribution in [0.4, 0.5) is 10.5 Å². The van der Waals surface area contributed by atoms with E-state index in [0.29, 0.717) is 21.1 Å². The molecule has 5 atom stereocenters. The molecular formula is C20H25N3O8S. The van der Waals surface area contributed by atoms with E-state index in [0.717, 1.165) is 5.56 Å². The molecule has 0 unspecified atom stereocenters. The summed E-state index contributed by atoms with van der Waals surface area (Å²) in [6, 6.07) is 5.94. The highest BCUT2D eigenvalue weighted by Crippen LogP contribution is 2.37. The van der Waals surface area contributed by atoms with Crippen molar-refractivity contribution >= 4 is 29.0 Å². The van der Waals surface area contributed by atoms with Crippen LogP contribution in [0.3, 0.4) is 0 Å². The highest BCUT2D eigenvalue weighted by molar-refractivity contribution is 7.18. The molecule has 3 amide bonds. The van der Waals surface area contributed by atoms with Crippen molar-refractivity contribution < 1.29 is 39.5 Å². The molecule has 174 valence electrons. The Labute approximate surface area is 187 Å². The molecule has 1 aliphatic rings. The zero-order valence-corrected chi connectivity index (χ0v) is 18.1. The van der Waals surface area contributed by atoms with Crippen molar-refractivity contribution in [2.24, 2.45) is 5.73 Å². The Bertz CT molecular complexity index is 995.